The third kappa shape index (κ3) is 3.82. The van der Waals surface area contributed by atoms with Crippen molar-refractivity contribution in [2.45, 2.75) is 32.9 Å². The normalized spacial score (nSPS) is 14.3. The summed E-state index contributed by atoms with van der Waals surface area (Å²) in [4.78, 5) is 11.7. The molecule has 4 heteroatoms. The van der Waals surface area contributed by atoms with Crippen LogP contribution in [-0.2, 0) is 4.79 Å². The number of aryl methyl sites for hydroxylation is 1. The van der Waals surface area contributed by atoms with Gasteiger partial charge in [0.2, 0.25) is 5.91 Å². The molecule has 0 aliphatic rings. The average molecular weight is 250 g/mol. The summed E-state index contributed by atoms with van der Waals surface area (Å²) >= 11 is 0. The van der Waals surface area contributed by atoms with Gasteiger partial charge in [0.25, 0.3) is 0 Å². The largest absolute Gasteiger partial charge is 0.387 e. The number of rotatable bonds is 5. The molecule has 1 aromatic rings. The van der Waals surface area contributed by atoms with Crippen LogP contribution in [0.5, 0.6) is 0 Å². The van der Waals surface area contributed by atoms with E-state index in [1.165, 1.54) is 0 Å². The van der Waals surface area contributed by atoms with Gasteiger partial charge in [0.15, 0.2) is 0 Å². The van der Waals surface area contributed by atoms with Gasteiger partial charge in [-0.1, -0.05) is 38.1 Å². The summed E-state index contributed by atoms with van der Waals surface area (Å²) < 4.78 is 0. The first-order valence-corrected chi connectivity index (χ1v) is 6.20. The van der Waals surface area contributed by atoms with Crippen molar-refractivity contribution in [3.63, 3.8) is 0 Å². The van der Waals surface area contributed by atoms with E-state index in [2.05, 4.69) is 5.32 Å². The molecule has 0 aliphatic carbocycles. The Kier molecular flexibility index (Phi) is 5.31. The Labute approximate surface area is 108 Å². The lowest BCUT2D eigenvalue weighted by Gasteiger charge is -2.18. The van der Waals surface area contributed by atoms with E-state index in [4.69, 9.17) is 5.73 Å². The van der Waals surface area contributed by atoms with Gasteiger partial charge in [-0.25, -0.2) is 0 Å². The molecule has 4 nitrogen and oxygen atoms in total. The number of hydrogen-bond donors (Lipinski definition) is 3. The molecule has 4 N–H and O–H groups in total. The predicted octanol–water partition coefficient (Wildman–Crippen LogP) is 1.13. The van der Waals surface area contributed by atoms with Crippen molar-refractivity contribution in [1.29, 1.82) is 0 Å². The lowest BCUT2D eigenvalue weighted by Crippen LogP contribution is -2.45. The third-order valence-corrected chi connectivity index (χ3v) is 3.04. The second-order valence-corrected chi connectivity index (χ2v) is 4.89. The summed E-state index contributed by atoms with van der Waals surface area (Å²) in [5, 5.41) is 12.7. The molecule has 0 saturated carbocycles. The first kappa shape index (κ1) is 14.7. The molecule has 0 aromatic heterocycles. The summed E-state index contributed by atoms with van der Waals surface area (Å²) in [7, 11) is 0. The Bertz CT molecular complexity index is 405. The highest BCUT2D eigenvalue weighted by atomic mass is 16.3. The van der Waals surface area contributed by atoms with Gasteiger partial charge in [-0.15, -0.1) is 0 Å². The molecule has 100 valence electrons. The molecule has 2 atom stereocenters. The van der Waals surface area contributed by atoms with E-state index >= 15 is 0 Å². The minimum Gasteiger partial charge on any atom is -0.387 e. The molecule has 1 amide bonds. The standard InChI is InChI=1S/C14H22N2O2/c1-9(2)13(15)14(18)16-8-12(17)11-7-5-4-6-10(11)3/h4-7,9,12-13,17H,8,15H2,1-3H3,(H,16,18)/t12?,13-/m0/s1. The number of benzene rings is 1. The number of nitrogens with two attached hydrogens (primary N) is 1. The van der Waals surface area contributed by atoms with Gasteiger partial charge in [0.05, 0.1) is 12.1 Å². The van der Waals surface area contributed by atoms with Gasteiger partial charge in [-0.2, -0.15) is 0 Å². The molecule has 0 bridgehead atoms. The van der Waals surface area contributed by atoms with Crippen molar-refractivity contribution >= 4 is 5.91 Å². The molecule has 1 rings (SSSR count). The van der Waals surface area contributed by atoms with Crippen LogP contribution in [0.2, 0.25) is 0 Å². The summed E-state index contributed by atoms with van der Waals surface area (Å²) in [6, 6.07) is 7.04. The molecule has 0 saturated heterocycles. The number of hydrogen-bond acceptors (Lipinski definition) is 3. The van der Waals surface area contributed by atoms with Gasteiger partial charge in [-0.05, 0) is 24.0 Å². The van der Waals surface area contributed by atoms with Crippen molar-refractivity contribution in [3.05, 3.63) is 35.4 Å². The number of carbonyl (C=O) groups is 1. The molecular formula is C14H22N2O2. The predicted molar refractivity (Wildman–Crippen MR) is 72.0 cm³/mol. The van der Waals surface area contributed by atoms with E-state index in [0.717, 1.165) is 11.1 Å². The van der Waals surface area contributed by atoms with Crippen LogP contribution < -0.4 is 11.1 Å². The van der Waals surface area contributed by atoms with Gasteiger partial charge < -0.3 is 16.2 Å². The molecule has 0 spiro atoms. The van der Waals surface area contributed by atoms with Crippen molar-refractivity contribution in [2.75, 3.05) is 6.54 Å². The summed E-state index contributed by atoms with van der Waals surface area (Å²) in [6.45, 7) is 5.90. The SMILES string of the molecule is Cc1ccccc1C(O)CNC(=O)[C@@H](N)C(C)C. The Morgan fingerprint density at radius 1 is 1.39 bits per heavy atom. The second kappa shape index (κ2) is 6.52. The van der Waals surface area contributed by atoms with Crippen LogP contribution in [0.25, 0.3) is 0 Å². The van der Waals surface area contributed by atoms with Gasteiger partial charge >= 0.3 is 0 Å². The Balaban J connectivity index is 2.54. The molecular weight excluding hydrogens is 228 g/mol. The van der Waals surface area contributed by atoms with Crippen LogP contribution in [0, 0.1) is 12.8 Å². The van der Waals surface area contributed by atoms with Crippen molar-refractivity contribution in [1.82, 2.24) is 5.32 Å². The third-order valence-electron chi connectivity index (χ3n) is 3.04. The van der Waals surface area contributed by atoms with E-state index in [1.807, 2.05) is 45.0 Å². The van der Waals surface area contributed by atoms with Gasteiger partial charge in [-0.3, -0.25) is 4.79 Å². The minimum absolute atomic E-state index is 0.0839. The number of carbonyl (C=O) groups excluding carboxylic acids is 1. The summed E-state index contributed by atoms with van der Waals surface area (Å²) in [6.07, 6.45) is -0.700. The first-order valence-electron chi connectivity index (χ1n) is 6.20. The fourth-order valence-electron chi connectivity index (χ4n) is 1.69. The fraction of sp³-hybridized carbons (Fsp3) is 0.500. The maximum Gasteiger partial charge on any atom is 0.237 e. The highest BCUT2D eigenvalue weighted by Gasteiger charge is 2.18. The second-order valence-electron chi connectivity index (χ2n) is 4.89. The number of amides is 1. The highest BCUT2D eigenvalue weighted by molar-refractivity contribution is 5.81. The first-order chi connectivity index (χ1) is 8.43. The van der Waals surface area contributed by atoms with Crippen LogP contribution in [0.1, 0.15) is 31.1 Å². The molecule has 0 radical (unpaired) electrons. The monoisotopic (exact) mass is 250 g/mol. The lowest BCUT2D eigenvalue weighted by molar-refractivity contribution is -0.123. The number of nitrogens with one attached hydrogen (secondary N) is 1. The summed E-state index contributed by atoms with van der Waals surface area (Å²) in [5.41, 5.74) is 7.56. The smallest absolute Gasteiger partial charge is 0.237 e. The molecule has 0 fully saturated rings. The van der Waals surface area contributed by atoms with Crippen molar-refractivity contribution in [3.8, 4) is 0 Å². The van der Waals surface area contributed by atoms with Gasteiger partial charge in [0.1, 0.15) is 0 Å². The Hall–Kier alpha value is -1.39. The Morgan fingerprint density at radius 3 is 2.56 bits per heavy atom. The molecule has 1 unspecified atom stereocenters. The lowest BCUT2D eigenvalue weighted by atomic mass is 10.0. The zero-order valence-corrected chi connectivity index (χ0v) is 11.2. The zero-order chi connectivity index (χ0) is 13.7. The Morgan fingerprint density at radius 2 is 2.00 bits per heavy atom. The summed E-state index contributed by atoms with van der Waals surface area (Å²) in [5.74, 6) is -0.141. The van der Waals surface area contributed by atoms with E-state index in [9.17, 15) is 9.90 Å². The maximum atomic E-state index is 11.7. The topological polar surface area (TPSA) is 75.3 Å². The van der Waals surface area contributed by atoms with Gasteiger partial charge in [0, 0.05) is 6.54 Å². The fourth-order valence-corrected chi connectivity index (χ4v) is 1.69. The van der Waals surface area contributed by atoms with Crippen molar-refractivity contribution < 1.29 is 9.90 Å². The van der Waals surface area contributed by atoms with E-state index in [0.29, 0.717) is 0 Å². The van der Waals surface area contributed by atoms with Crippen molar-refractivity contribution in [2.24, 2.45) is 11.7 Å². The van der Waals surface area contributed by atoms with Crippen LogP contribution in [0.3, 0.4) is 0 Å². The molecule has 0 heterocycles. The van der Waals surface area contributed by atoms with E-state index < -0.39 is 12.1 Å². The molecule has 18 heavy (non-hydrogen) atoms. The number of aliphatic hydroxyl groups is 1. The minimum atomic E-state index is -0.700. The van der Waals surface area contributed by atoms with Crippen LogP contribution in [0.15, 0.2) is 24.3 Å². The van der Waals surface area contributed by atoms with E-state index in [-0.39, 0.29) is 18.4 Å². The molecule has 0 aliphatic heterocycles. The molecule has 1 aromatic carbocycles. The maximum absolute atomic E-state index is 11.7. The zero-order valence-electron chi connectivity index (χ0n) is 11.2. The average Bonchev–Trinajstić information content (AvgIpc) is 2.35. The van der Waals surface area contributed by atoms with Crippen LogP contribution >= 0.6 is 0 Å². The van der Waals surface area contributed by atoms with Crippen LogP contribution in [-0.4, -0.2) is 23.6 Å². The van der Waals surface area contributed by atoms with E-state index in [1.54, 1.807) is 0 Å². The number of aliphatic hydroxyl groups excluding tert-OH is 1. The quantitative estimate of drug-likeness (QED) is 0.733. The van der Waals surface area contributed by atoms with Crippen LogP contribution in [0.4, 0.5) is 0 Å². The highest BCUT2D eigenvalue weighted by Crippen LogP contribution is 2.16.